The van der Waals surface area contributed by atoms with Crippen LogP contribution in [-0.4, -0.2) is 5.11 Å². The fourth-order valence-corrected chi connectivity index (χ4v) is 2.31. The van der Waals surface area contributed by atoms with Crippen molar-refractivity contribution < 1.29 is 5.11 Å². The predicted molar refractivity (Wildman–Crippen MR) is 72.8 cm³/mol. The summed E-state index contributed by atoms with van der Waals surface area (Å²) in [6.45, 7) is 12.6. The average Bonchev–Trinajstić information content (AvgIpc) is 2.04. The van der Waals surface area contributed by atoms with Crippen molar-refractivity contribution in [3.63, 3.8) is 0 Å². The van der Waals surface area contributed by atoms with Crippen LogP contribution in [0.5, 0.6) is 5.75 Å². The van der Waals surface area contributed by atoms with Gasteiger partial charge in [0.2, 0.25) is 0 Å². The molecule has 0 heterocycles. The normalized spacial score (nSPS) is 12.9. The first kappa shape index (κ1) is 13.4. The standard InChI is InChI=1S/C14H22OS/c1-13(2,3)9-8-12(16)10(7-11(9)15)14(4,5)6/h7-8,15-16H,1-6H3. The molecular formula is C14H22OS. The first-order valence-corrected chi connectivity index (χ1v) is 6.05. The molecule has 0 bridgehead atoms. The Morgan fingerprint density at radius 2 is 1.31 bits per heavy atom. The van der Waals surface area contributed by atoms with E-state index in [0.29, 0.717) is 5.75 Å². The van der Waals surface area contributed by atoms with Gasteiger partial charge in [-0.15, -0.1) is 12.6 Å². The van der Waals surface area contributed by atoms with Gasteiger partial charge in [0.15, 0.2) is 0 Å². The van der Waals surface area contributed by atoms with Crippen LogP contribution in [0.3, 0.4) is 0 Å². The lowest BCUT2D eigenvalue weighted by Crippen LogP contribution is -2.16. The van der Waals surface area contributed by atoms with Gasteiger partial charge in [-0.2, -0.15) is 0 Å². The summed E-state index contributed by atoms with van der Waals surface area (Å²) in [6.07, 6.45) is 0. The number of thiol groups is 1. The topological polar surface area (TPSA) is 20.2 Å². The van der Waals surface area contributed by atoms with E-state index in [1.807, 2.05) is 12.1 Å². The molecule has 0 saturated heterocycles. The largest absolute Gasteiger partial charge is 0.508 e. The van der Waals surface area contributed by atoms with E-state index in [1.165, 1.54) is 0 Å². The van der Waals surface area contributed by atoms with Gasteiger partial charge in [0, 0.05) is 10.5 Å². The maximum atomic E-state index is 10.1. The molecule has 1 N–H and O–H groups in total. The maximum absolute atomic E-state index is 10.1. The van der Waals surface area contributed by atoms with Gasteiger partial charge < -0.3 is 5.11 Å². The number of benzene rings is 1. The van der Waals surface area contributed by atoms with Gasteiger partial charge >= 0.3 is 0 Å². The van der Waals surface area contributed by atoms with Crippen molar-refractivity contribution in [2.75, 3.05) is 0 Å². The van der Waals surface area contributed by atoms with E-state index in [9.17, 15) is 5.11 Å². The van der Waals surface area contributed by atoms with E-state index < -0.39 is 0 Å². The van der Waals surface area contributed by atoms with Crippen LogP contribution in [0.2, 0.25) is 0 Å². The van der Waals surface area contributed by atoms with Crippen LogP contribution in [0.25, 0.3) is 0 Å². The Kier molecular flexibility index (Phi) is 3.35. The molecule has 0 amide bonds. The molecule has 0 aliphatic heterocycles. The Bertz CT molecular complexity index is 355. The summed E-state index contributed by atoms with van der Waals surface area (Å²) in [7, 11) is 0. The third kappa shape index (κ3) is 2.73. The summed E-state index contributed by atoms with van der Waals surface area (Å²) >= 11 is 4.53. The van der Waals surface area contributed by atoms with Gasteiger partial charge in [-0.25, -0.2) is 0 Å². The molecular weight excluding hydrogens is 216 g/mol. The van der Waals surface area contributed by atoms with Crippen LogP contribution < -0.4 is 0 Å². The Morgan fingerprint density at radius 3 is 1.69 bits per heavy atom. The number of hydrogen-bond donors (Lipinski definition) is 2. The molecule has 1 aromatic rings. The zero-order valence-corrected chi connectivity index (χ0v) is 11.9. The second-order valence-corrected chi connectivity index (χ2v) is 6.87. The SMILES string of the molecule is CC(C)(C)c1cc(S)c(C(C)(C)C)cc1O. The summed E-state index contributed by atoms with van der Waals surface area (Å²) in [6, 6.07) is 3.84. The van der Waals surface area contributed by atoms with E-state index in [4.69, 9.17) is 0 Å². The van der Waals surface area contributed by atoms with Crippen LogP contribution in [-0.2, 0) is 10.8 Å². The minimum absolute atomic E-state index is 0.00494. The van der Waals surface area contributed by atoms with E-state index in [2.05, 4.69) is 54.2 Å². The first-order valence-electron chi connectivity index (χ1n) is 5.60. The van der Waals surface area contributed by atoms with Crippen molar-refractivity contribution in [3.8, 4) is 5.75 Å². The molecule has 0 aromatic heterocycles. The van der Waals surface area contributed by atoms with Gasteiger partial charge in [-0.3, -0.25) is 0 Å². The molecule has 0 unspecified atom stereocenters. The van der Waals surface area contributed by atoms with Crippen molar-refractivity contribution >= 4 is 12.6 Å². The van der Waals surface area contributed by atoms with Crippen LogP contribution in [0.15, 0.2) is 17.0 Å². The number of hydrogen-bond acceptors (Lipinski definition) is 2. The van der Waals surface area contributed by atoms with E-state index in [-0.39, 0.29) is 10.8 Å². The van der Waals surface area contributed by atoms with E-state index in [0.717, 1.165) is 16.0 Å². The number of rotatable bonds is 0. The van der Waals surface area contributed by atoms with Crippen LogP contribution in [0.1, 0.15) is 52.7 Å². The zero-order valence-electron chi connectivity index (χ0n) is 11.0. The first-order chi connectivity index (χ1) is 7.03. The molecule has 0 aliphatic rings. The smallest absolute Gasteiger partial charge is 0.119 e. The third-order valence-electron chi connectivity index (χ3n) is 2.73. The highest BCUT2D eigenvalue weighted by Gasteiger charge is 2.23. The summed E-state index contributed by atoms with van der Waals surface area (Å²) < 4.78 is 0. The van der Waals surface area contributed by atoms with Gasteiger partial charge in [0.05, 0.1) is 0 Å². The predicted octanol–water partition coefficient (Wildman–Crippen LogP) is 4.28. The Balaban J connectivity index is 3.40. The molecule has 1 rings (SSSR count). The molecule has 0 aliphatic carbocycles. The third-order valence-corrected chi connectivity index (χ3v) is 3.10. The highest BCUT2D eigenvalue weighted by atomic mass is 32.1. The lowest BCUT2D eigenvalue weighted by atomic mass is 9.81. The van der Waals surface area contributed by atoms with Gasteiger partial charge in [0.25, 0.3) is 0 Å². The molecule has 0 atom stereocenters. The van der Waals surface area contributed by atoms with Gasteiger partial charge in [0.1, 0.15) is 5.75 Å². The number of phenolic OH excluding ortho intramolecular Hbond substituents is 1. The molecule has 1 nitrogen and oxygen atoms in total. The van der Waals surface area contributed by atoms with Gasteiger partial charge in [-0.05, 0) is 28.5 Å². The average molecular weight is 238 g/mol. The quantitative estimate of drug-likeness (QED) is 0.647. The van der Waals surface area contributed by atoms with Crippen LogP contribution >= 0.6 is 12.6 Å². The fourth-order valence-electron chi connectivity index (χ4n) is 1.78. The summed E-state index contributed by atoms with van der Waals surface area (Å²) in [5.41, 5.74) is 1.98. The van der Waals surface area contributed by atoms with E-state index in [1.54, 1.807) is 0 Å². The molecule has 0 saturated carbocycles. The van der Waals surface area contributed by atoms with Gasteiger partial charge in [-0.1, -0.05) is 41.5 Å². The number of phenols is 1. The lowest BCUT2D eigenvalue weighted by Gasteiger charge is -2.26. The summed E-state index contributed by atoms with van der Waals surface area (Å²) in [5.74, 6) is 0.371. The summed E-state index contributed by atoms with van der Waals surface area (Å²) in [5, 5.41) is 10.1. The Labute approximate surface area is 104 Å². The lowest BCUT2D eigenvalue weighted by molar-refractivity contribution is 0.441. The second kappa shape index (κ2) is 3.99. The van der Waals surface area contributed by atoms with Crippen molar-refractivity contribution in [3.05, 3.63) is 23.3 Å². The second-order valence-electron chi connectivity index (χ2n) is 6.39. The van der Waals surface area contributed by atoms with E-state index >= 15 is 0 Å². The number of aromatic hydroxyl groups is 1. The minimum atomic E-state index is -0.0576. The maximum Gasteiger partial charge on any atom is 0.119 e. The molecule has 0 spiro atoms. The molecule has 16 heavy (non-hydrogen) atoms. The molecule has 2 heteroatoms. The zero-order chi connectivity index (χ0) is 12.7. The summed E-state index contributed by atoms with van der Waals surface area (Å²) in [4.78, 5) is 0.954. The Morgan fingerprint density at radius 1 is 0.875 bits per heavy atom. The molecule has 0 radical (unpaired) electrons. The van der Waals surface area contributed by atoms with Crippen LogP contribution in [0, 0.1) is 0 Å². The fraction of sp³-hybridized carbons (Fsp3) is 0.571. The molecule has 1 aromatic carbocycles. The highest BCUT2D eigenvalue weighted by Crippen LogP contribution is 2.38. The van der Waals surface area contributed by atoms with Crippen LogP contribution in [0.4, 0.5) is 0 Å². The minimum Gasteiger partial charge on any atom is -0.508 e. The van der Waals surface area contributed by atoms with Crippen molar-refractivity contribution in [1.82, 2.24) is 0 Å². The van der Waals surface area contributed by atoms with Crippen molar-refractivity contribution in [2.24, 2.45) is 0 Å². The van der Waals surface area contributed by atoms with Crippen molar-refractivity contribution in [2.45, 2.75) is 57.3 Å². The monoisotopic (exact) mass is 238 g/mol. The molecule has 0 fully saturated rings. The van der Waals surface area contributed by atoms with Crippen molar-refractivity contribution in [1.29, 1.82) is 0 Å². The Hall–Kier alpha value is -0.630. The highest BCUT2D eigenvalue weighted by molar-refractivity contribution is 7.80. The molecule has 90 valence electrons.